The normalized spacial score (nSPS) is 20.3. The van der Waals surface area contributed by atoms with Crippen LogP contribution in [-0.2, 0) is 6.54 Å². The Morgan fingerprint density at radius 1 is 1.53 bits per heavy atom. The molecular formula is C13H23N3S. The first kappa shape index (κ1) is 13.0. The quantitative estimate of drug-likeness (QED) is 0.845. The van der Waals surface area contributed by atoms with Gasteiger partial charge in [0.05, 0.1) is 11.7 Å². The van der Waals surface area contributed by atoms with Crippen molar-refractivity contribution in [3.63, 3.8) is 0 Å². The number of hydrogen-bond donors (Lipinski definition) is 1. The third kappa shape index (κ3) is 3.49. The lowest BCUT2D eigenvalue weighted by Gasteiger charge is -2.13. The predicted octanol–water partition coefficient (Wildman–Crippen LogP) is 2.84. The van der Waals surface area contributed by atoms with E-state index in [0.717, 1.165) is 19.4 Å². The molecule has 0 radical (unpaired) electrons. The highest BCUT2D eigenvalue weighted by molar-refractivity contribution is 7.99. The molecule has 17 heavy (non-hydrogen) atoms. The fourth-order valence-corrected chi connectivity index (χ4v) is 3.47. The second kappa shape index (κ2) is 6.45. The number of thioether (sulfide) groups is 1. The highest BCUT2D eigenvalue weighted by Gasteiger charge is 2.15. The Kier molecular flexibility index (Phi) is 4.92. The monoisotopic (exact) mass is 253 g/mol. The van der Waals surface area contributed by atoms with E-state index in [1.165, 1.54) is 23.6 Å². The van der Waals surface area contributed by atoms with Crippen molar-refractivity contribution < 1.29 is 0 Å². The maximum atomic E-state index is 4.66. The highest BCUT2D eigenvalue weighted by atomic mass is 32.2. The van der Waals surface area contributed by atoms with Crippen molar-refractivity contribution in [2.24, 2.45) is 0 Å². The fourth-order valence-electron chi connectivity index (χ4n) is 2.28. The molecule has 0 saturated carbocycles. The summed E-state index contributed by atoms with van der Waals surface area (Å²) >= 11 is 2.05. The number of hydrogen-bond acceptors (Lipinski definition) is 3. The lowest BCUT2D eigenvalue weighted by molar-refractivity contribution is 0.422. The molecule has 96 valence electrons. The summed E-state index contributed by atoms with van der Waals surface area (Å²) in [5.74, 6) is 2.56. The molecule has 1 aliphatic rings. The summed E-state index contributed by atoms with van der Waals surface area (Å²) in [6, 6.07) is 3.40. The number of nitrogens with one attached hydrogen (secondary N) is 1. The van der Waals surface area contributed by atoms with Crippen molar-refractivity contribution in [2.75, 3.05) is 11.5 Å². The molecule has 1 N–H and O–H groups in total. The summed E-state index contributed by atoms with van der Waals surface area (Å²) in [6.07, 6.45) is 5.74. The van der Waals surface area contributed by atoms with Crippen molar-refractivity contribution in [3.05, 3.63) is 18.0 Å². The third-order valence-electron chi connectivity index (χ3n) is 3.48. The van der Waals surface area contributed by atoms with Gasteiger partial charge in [-0.15, -0.1) is 0 Å². The molecule has 2 rings (SSSR count). The van der Waals surface area contributed by atoms with Gasteiger partial charge in [0.2, 0.25) is 0 Å². The molecule has 0 aromatic carbocycles. The van der Waals surface area contributed by atoms with Gasteiger partial charge in [-0.25, -0.2) is 0 Å². The predicted molar refractivity (Wildman–Crippen MR) is 74.4 cm³/mol. The first-order valence-electron chi connectivity index (χ1n) is 6.68. The summed E-state index contributed by atoms with van der Waals surface area (Å²) in [5.41, 5.74) is 1.17. The minimum Gasteiger partial charge on any atom is -0.307 e. The van der Waals surface area contributed by atoms with Crippen LogP contribution in [0.25, 0.3) is 0 Å². The van der Waals surface area contributed by atoms with E-state index < -0.39 is 0 Å². The van der Waals surface area contributed by atoms with Gasteiger partial charge in [-0.1, -0.05) is 13.8 Å². The van der Waals surface area contributed by atoms with Crippen molar-refractivity contribution in [1.29, 1.82) is 0 Å². The molecule has 1 atom stereocenters. The van der Waals surface area contributed by atoms with Crippen LogP contribution in [0.4, 0.5) is 0 Å². The van der Waals surface area contributed by atoms with Crippen molar-refractivity contribution in [3.8, 4) is 0 Å². The Hall–Kier alpha value is -0.480. The van der Waals surface area contributed by atoms with E-state index in [-0.39, 0.29) is 0 Å². The molecule has 0 aliphatic carbocycles. The zero-order valence-corrected chi connectivity index (χ0v) is 11.7. The molecule has 1 aliphatic heterocycles. The van der Waals surface area contributed by atoms with Gasteiger partial charge in [-0.3, -0.25) is 4.68 Å². The minimum atomic E-state index is 0.561. The van der Waals surface area contributed by atoms with Crippen LogP contribution < -0.4 is 5.32 Å². The average molecular weight is 253 g/mol. The highest BCUT2D eigenvalue weighted by Crippen LogP contribution is 2.18. The van der Waals surface area contributed by atoms with Gasteiger partial charge in [0.15, 0.2) is 0 Å². The summed E-state index contributed by atoms with van der Waals surface area (Å²) in [4.78, 5) is 0. The second-order valence-electron chi connectivity index (χ2n) is 4.70. The molecule has 1 fully saturated rings. The van der Waals surface area contributed by atoms with Crippen LogP contribution in [0.5, 0.6) is 0 Å². The first-order chi connectivity index (χ1) is 8.33. The average Bonchev–Trinajstić information content (AvgIpc) is 2.99. The Balaban J connectivity index is 1.84. The van der Waals surface area contributed by atoms with Gasteiger partial charge in [0.1, 0.15) is 0 Å². The minimum absolute atomic E-state index is 0.561. The van der Waals surface area contributed by atoms with Crippen LogP contribution >= 0.6 is 11.8 Å². The number of nitrogens with zero attached hydrogens (tertiary/aromatic N) is 2. The maximum absolute atomic E-state index is 4.66. The van der Waals surface area contributed by atoms with E-state index in [2.05, 4.69) is 41.2 Å². The van der Waals surface area contributed by atoms with Crippen LogP contribution in [0.3, 0.4) is 0 Å². The maximum Gasteiger partial charge on any atom is 0.0762 e. The molecule has 2 heterocycles. The number of aromatic nitrogens is 2. The molecule has 4 heteroatoms. The van der Waals surface area contributed by atoms with Gasteiger partial charge in [0.25, 0.3) is 0 Å². The van der Waals surface area contributed by atoms with Crippen LogP contribution in [-0.4, -0.2) is 27.3 Å². The smallest absolute Gasteiger partial charge is 0.0762 e. The van der Waals surface area contributed by atoms with Crippen molar-refractivity contribution in [2.45, 2.75) is 51.7 Å². The van der Waals surface area contributed by atoms with Crippen molar-refractivity contribution >= 4 is 11.8 Å². The summed E-state index contributed by atoms with van der Waals surface area (Å²) in [5, 5.41) is 8.25. The Morgan fingerprint density at radius 2 is 2.35 bits per heavy atom. The lowest BCUT2D eigenvalue weighted by Crippen LogP contribution is -2.28. The zero-order valence-electron chi connectivity index (χ0n) is 10.9. The SMILES string of the molecule is CCC(CC)n1ccc(CNC2CCSC2)n1. The summed E-state index contributed by atoms with van der Waals surface area (Å²) in [6.45, 7) is 5.37. The molecule has 0 bridgehead atoms. The molecule has 0 spiro atoms. The van der Waals surface area contributed by atoms with Gasteiger partial charge < -0.3 is 5.32 Å². The Morgan fingerprint density at radius 3 is 3.00 bits per heavy atom. The van der Waals surface area contributed by atoms with Crippen LogP contribution in [0.2, 0.25) is 0 Å². The van der Waals surface area contributed by atoms with Gasteiger partial charge in [-0.2, -0.15) is 16.9 Å². The van der Waals surface area contributed by atoms with E-state index >= 15 is 0 Å². The zero-order chi connectivity index (χ0) is 12.1. The Labute approximate surface area is 108 Å². The first-order valence-corrected chi connectivity index (χ1v) is 7.84. The topological polar surface area (TPSA) is 29.9 Å². The molecule has 1 unspecified atom stereocenters. The van der Waals surface area contributed by atoms with E-state index in [1.807, 2.05) is 11.8 Å². The molecule has 3 nitrogen and oxygen atoms in total. The van der Waals surface area contributed by atoms with E-state index in [0.29, 0.717) is 12.1 Å². The van der Waals surface area contributed by atoms with Gasteiger partial charge in [0, 0.05) is 24.5 Å². The van der Waals surface area contributed by atoms with Crippen molar-refractivity contribution in [1.82, 2.24) is 15.1 Å². The Bertz CT molecular complexity index is 327. The van der Waals surface area contributed by atoms with Gasteiger partial charge in [-0.05, 0) is 31.1 Å². The molecule has 1 aromatic heterocycles. The standard InChI is InChI=1S/C13H23N3S/c1-3-13(4-2)16-7-5-11(15-16)9-14-12-6-8-17-10-12/h5,7,12-14H,3-4,6,8-10H2,1-2H3. The van der Waals surface area contributed by atoms with Gasteiger partial charge >= 0.3 is 0 Å². The molecule has 1 saturated heterocycles. The number of rotatable bonds is 6. The lowest BCUT2D eigenvalue weighted by atomic mass is 10.2. The van der Waals surface area contributed by atoms with Crippen LogP contribution in [0, 0.1) is 0 Å². The molecular weight excluding hydrogens is 230 g/mol. The molecule has 0 amide bonds. The van der Waals surface area contributed by atoms with Crippen LogP contribution in [0.15, 0.2) is 12.3 Å². The summed E-state index contributed by atoms with van der Waals surface area (Å²) < 4.78 is 2.13. The van der Waals surface area contributed by atoms with E-state index in [9.17, 15) is 0 Å². The van der Waals surface area contributed by atoms with Crippen LogP contribution in [0.1, 0.15) is 44.8 Å². The third-order valence-corrected chi connectivity index (χ3v) is 4.64. The summed E-state index contributed by atoms with van der Waals surface area (Å²) in [7, 11) is 0. The largest absolute Gasteiger partial charge is 0.307 e. The second-order valence-corrected chi connectivity index (χ2v) is 5.85. The van der Waals surface area contributed by atoms with E-state index in [4.69, 9.17) is 0 Å². The fraction of sp³-hybridized carbons (Fsp3) is 0.769. The molecule has 1 aromatic rings. The van der Waals surface area contributed by atoms with E-state index in [1.54, 1.807) is 0 Å².